The van der Waals surface area contributed by atoms with Crippen LogP contribution >= 0.6 is 0 Å². The Morgan fingerprint density at radius 3 is 2.26 bits per heavy atom. The Hall–Kier alpha value is -4.14. The van der Waals surface area contributed by atoms with Crippen molar-refractivity contribution in [3.8, 4) is 11.1 Å². The van der Waals surface area contributed by atoms with E-state index in [1.54, 1.807) is 0 Å². The maximum Gasteiger partial charge on any atom is 0.407 e. The molecule has 1 saturated carbocycles. The number of carbonyl (C=O) groups excluding carboxylic acids is 2. The molecule has 0 aliphatic heterocycles. The van der Waals surface area contributed by atoms with Crippen LogP contribution in [-0.4, -0.2) is 45.5 Å². The fraction of sp³-hybridized carbons (Fsp3) is 0.280. The van der Waals surface area contributed by atoms with E-state index in [-0.39, 0.29) is 30.0 Å². The molecule has 0 spiro atoms. The normalized spacial score (nSPS) is 15.2. The predicted octanol–water partition coefficient (Wildman–Crippen LogP) is 3.37. The van der Waals surface area contributed by atoms with Crippen molar-refractivity contribution in [3.63, 3.8) is 0 Å². The molecule has 9 heteroatoms. The monoisotopic (exact) mass is 460 g/mol. The van der Waals surface area contributed by atoms with E-state index in [4.69, 9.17) is 9.84 Å². The first-order valence-corrected chi connectivity index (χ1v) is 11.1. The van der Waals surface area contributed by atoms with Crippen molar-refractivity contribution in [2.24, 2.45) is 13.0 Å². The quantitative estimate of drug-likeness (QED) is 0.497. The van der Waals surface area contributed by atoms with E-state index in [0.717, 1.165) is 35.1 Å². The molecule has 3 N–H and O–H groups in total. The smallest absolute Gasteiger partial charge is 0.407 e. The second-order valence-corrected chi connectivity index (χ2v) is 8.62. The van der Waals surface area contributed by atoms with E-state index in [1.807, 2.05) is 36.4 Å². The van der Waals surface area contributed by atoms with Crippen molar-refractivity contribution in [1.82, 2.24) is 15.1 Å². The predicted molar refractivity (Wildman–Crippen MR) is 124 cm³/mol. The molecule has 2 aliphatic rings. The van der Waals surface area contributed by atoms with Crippen LogP contribution < -0.4 is 10.6 Å². The molecule has 0 saturated heterocycles. The van der Waals surface area contributed by atoms with Gasteiger partial charge in [0.05, 0.1) is 0 Å². The van der Waals surface area contributed by atoms with Crippen molar-refractivity contribution < 1.29 is 24.2 Å². The van der Waals surface area contributed by atoms with E-state index in [1.165, 1.54) is 17.8 Å². The molecule has 34 heavy (non-hydrogen) atoms. The number of carboxylic acids is 1. The third kappa shape index (κ3) is 4.12. The molecular weight excluding hydrogens is 436 g/mol. The lowest BCUT2D eigenvalue weighted by atomic mass is 9.98. The van der Waals surface area contributed by atoms with Crippen molar-refractivity contribution in [2.75, 3.05) is 11.9 Å². The first-order chi connectivity index (χ1) is 16.4. The number of aromatic nitrogens is 2. The van der Waals surface area contributed by atoms with Gasteiger partial charge in [-0.2, -0.15) is 5.10 Å². The number of benzene rings is 2. The van der Waals surface area contributed by atoms with Gasteiger partial charge >= 0.3 is 12.1 Å². The number of rotatable bonds is 7. The van der Waals surface area contributed by atoms with Crippen LogP contribution in [0.4, 0.5) is 10.6 Å². The van der Waals surface area contributed by atoms with E-state index < -0.39 is 24.0 Å². The molecule has 1 aromatic heterocycles. The first-order valence-electron chi connectivity index (χ1n) is 11.1. The van der Waals surface area contributed by atoms with Crippen molar-refractivity contribution >= 4 is 23.8 Å². The van der Waals surface area contributed by atoms with Gasteiger partial charge in [0, 0.05) is 19.0 Å². The zero-order valence-corrected chi connectivity index (χ0v) is 18.5. The van der Waals surface area contributed by atoms with E-state index in [0.29, 0.717) is 0 Å². The van der Waals surface area contributed by atoms with Gasteiger partial charge in [-0.3, -0.25) is 9.48 Å². The Morgan fingerprint density at radius 2 is 1.71 bits per heavy atom. The molecule has 174 valence electrons. The van der Waals surface area contributed by atoms with Crippen LogP contribution in [0.15, 0.2) is 54.6 Å². The van der Waals surface area contributed by atoms with E-state index in [2.05, 4.69) is 27.9 Å². The summed E-state index contributed by atoms with van der Waals surface area (Å²) in [6, 6.07) is 16.6. The Bertz CT molecular complexity index is 1230. The lowest BCUT2D eigenvalue weighted by Crippen LogP contribution is -2.45. The average Bonchev–Trinajstić information content (AvgIpc) is 3.52. The highest BCUT2D eigenvalue weighted by molar-refractivity contribution is 5.97. The van der Waals surface area contributed by atoms with Crippen LogP contribution in [0, 0.1) is 5.92 Å². The van der Waals surface area contributed by atoms with Crippen LogP contribution in [0.2, 0.25) is 0 Å². The van der Waals surface area contributed by atoms with E-state index >= 15 is 0 Å². The maximum absolute atomic E-state index is 12.8. The number of alkyl carbamates (subject to hydrolysis) is 1. The van der Waals surface area contributed by atoms with Crippen LogP contribution in [0.1, 0.15) is 40.4 Å². The Kier molecular flexibility index (Phi) is 5.53. The number of hydrogen-bond acceptors (Lipinski definition) is 5. The molecule has 3 aromatic rings. The summed E-state index contributed by atoms with van der Waals surface area (Å²) in [5, 5.41) is 18.5. The number of amides is 2. The molecule has 1 unspecified atom stereocenters. The van der Waals surface area contributed by atoms with Gasteiger partial charge in [0.25, 0.3) is 0 Å². The van der Waals surface area contributed by atoms with Crippen molar-refractivity contribution in [1.29, 1.82) is 0 Å². The van der Waals surface area contributed by atoms with Crippen LogP contribution in [0.25, 0.3) is 11.1 Å². The van der Waals surface area contributed by atoms with Gasteiger partial charge in [-0.25, -0.2) is 9.59 Å². The van der Waals surface area contributed by atoms with Gasteiger partial charge < -0.3 is 20.5 Å². The van der Waals surface area contributed by atoms with Gasteiger partial charge in [-0.15, -0.1) is 0 Å². The number of carboxylic acid groups (broad SMARTS) is 1. The summed E-state index contributed by atoms with van der Waals surface area (Å²) in [4.78, 5) is 36.7. The highest BCUT2D eigenvalue weighted by atomic mass is 16.5. The van der Waals surface area contributed by atoms with Crippen molar-refractivity contribution in [3.05, 3.63) is 71.4 Å². The Labute approximate surface area is 195 Å². The summed E-state index contributed by atoms with van der Waals surface area (Å²) in [7, 11) is 1.48. The standard InChI is InChI=1S/C25H24N4O5/c1-29-20(24(31)32)12-21(28-29)26-23(30)22(14-10-11-14)27-25(33)34-13-19-17-8-4-2-6-15(17)16-7-3-5-9-18(16)19/h2-9,12,14,19,22H,10-11,13H2,1H3,(H,27,33)(H,31,32)(H,26,28,30). The first kappa shape index (κ1) is 21.7. The van der Waals surface area contributed by atoms with E-state index in [9.17, 15) is 14.4 Å². The second kappa shape index (κ2) is 8.66. The summed E-state index contributed by atoms with van der Waals surface area (Å²) in [6.07, 6.45) is 0.954. The molecule has 1 fully saturated rings. The average molecular weight is 460 g/mol. The molecule has 2 aromatic carbocycles. The maximum atomic E-state index is 12.8. The molecule has 9 nitrogen and oxygen atoms in total. The SMILES string of the molecule is Cn1nc(NC(=O)C(NC(=O)OCC2c3ccccc3-c3ccccc32)C2CC2)cc1C(=O)O. The number of carbonyl (C=O) groups is 3. The lowest BCUT2D eigenvalue weighted by Gasteiger charge is -2.19. The summed E-state index contributed by atoms with van der Waals surface area (Å²) >= 11 is 0. The van der Waals surface area contributed by atoms with Gasteiger partial charge in [-0.1, -0.05) is 48.5 Å². The summed E-state index contributed by atoms with van der Waals surface area (Å²) in [6.45, 7) is 0.154. The Balaban J connectivity index is 1.24. The number of fused-ring (bicyclic) bond motifs is 3. The number of aryl methyl sites for hydroxylation is 1. The highest BCUT2D eigenvalue weighted by Gasteiger charge is 2.38. The molecule has 2 amide bonds. The molecule has 1 heterocycles. The number of ether oxygens (including phenoxy) is 1. The lowest BCUT2D eigenvalue weighted by molar-refractivity contribution is -0.118. The van der Waals surface area contributed by atoms with Gasteiger partial charge in [0.1, 0.15) is 18.3 Å². The minimum absolute atomic E-state index is 0.00291. The highest BCUT2D eigenvalue weighted by Crippen LogP contribution is 2.44. The van der Waals surface area contributed by atoms with Crippen LogP contribution in [-0.2, 0) is 16.6 Å². The zero-order chi connectivity index (χ0) is 23.8. The largest absolute Gasteiger partial charge is 0.477 e. The number of aromatic carboxylic acids is 1. The minimum atomic E-state index is -1.15. The molecular formula is C25H24N4O5. The number of anilines is 1. The third-order valence-corrected chi connectivity index (χ3v) is 6.34. The minimum Gasteiger partial charge on any atom is -0.477 e. The Morgan fingerprint density at radius 1 is 1.09 bits per heavy atom. The van der Waals surface area contributed by atoms with Gasteiger partial charge in [-0.05, 0) is 41.0 Å². The molecule has 1 atom stereocenters. The molecule has 0 bridgehead atoms. The fourth-order valence-corrected chi connectivity index (χ4v) is 4.53. The number of hydrogen-bond donors (Lipinski definition) is 3. The molecule has 5 rings (SSSR count). The topological polar surface area (TPSA) is 123 Å². The van der Waals surface area contributed by atoms with Crippen LogP contribution in [0.5, 0.6) is 0 Å². The second-order valence-electron chi connectivity index (χ2n) is 8.62. The summed E-state index contributed by atoms with van der Waals surface area (Å²) < 4.78 is 6.75. The molecule has 2 aliphatic carbocycles. The third-order valence-electron chi connectivity index (χ3n) is 6.34. The number of nitrogens with one attached hydrogen (secondary N) is 2. The van der Waals surface area contributed by atoms with Gasteiger partial charge in [0.15, 0.2) is 5.82 Å². The fourth-order valence-electron chi connectivity index (χ4n) is 4.53. The van der Waals surface area contributed by atoms with Crippen LogP contribution in [0.3, 0.4) is 0 Å². The number of nitrogens with zero attached hydrogens (tertiary/aromatic N) is 2. The summed E-state index contributed by atoms with van der Waals surface area (Å²) in [5.74, 6) is -1.56. The summed E-state index contributed by atoms with van der Waals surface area (Å²) in [5.41, 5.74) is 4.44. The van der Waals surface area contributed by atoms with Crippen molar-refractivity contribution in [2.45, 2.75) is 24.8 Å². The van der Waals surface area contributed by atoms with Gasteiger partial charge in [0.2, 0.25) is 5.91 Å². The zero-order valence-electron chi connectivity index (χ0n) is 18.5. The molecule has 0 radical (unpaired) electrons.